The Bertz CT molecular complexity index is 1050. The van der Waals surface area contributed by atoms with Gasteiger partial charge in [0.1, 0.15) is 9.88 Å². The monoisotopic (exact) mass is 394 g/mol. The highest BCUT2D eigenvalue weighted by Crippen LogP contribution is 2.38. The first kappa shape index (κ1) is 18.6. The molecule has 0 unspecified atom stereocenters. The molecule has 2 heterocycles. The number of carbonyl (C=O) groups excluding carboxylic acids is 2. The van der Waals surface area contributed by atoms with Gasteiger partial charge in [-0.2, -0.15) is 0 Å². The molecule has 2 aromatic heterocycles. The van der Waals surface area contributed by atoms with Gasteiger partial charge in [-0.05, 0) is 39.7 Å². The van der Waals surface area contributed by atoms with Crippen molar-refractivity contribution in [2.75, 3.05) is 6.61 Å². The molecule has 1 fully saturated rings. The number of rotatable bonds is 6. The van der Waals surface area contributed by atoms with Crippen LogP contribution in [0.1, 0.15) is 56.0 Å². The Morgan fingerprint density at radius 1 is 1.18 bits per heavy atom. The summed E-state index contributed by atoms with van der Waals surface area (Å²) in [5, 5.41) is 0.768. The lowest BCUT2D eigenvalue weighted by Gasteiger charge is -2.07. The van der Waals surface area contributed by atoms with Crippen molar-refractivity contribution in [3.05, 3.63) is 63.9 Å². The number of nitrogens with zero attached hydrogens (tertiary/aromatic N) is 2. The van der Waals surface area contributed by atoms with Crippen molar-refractivity contribution >= 4 is 23.1 Å². The number of Topliss-reactive ketones (excluding diaryl/α,β-unsaturated/α-hetero) is 1. The summed E-state index contributed by atoms with van der Waals surface area (Å²) in [6, 6.07) is 12.1. The van der Waals surface area contributed by atoms with Crippen molar-refractivity contribution in [2.24, 2.45) is 0 Å². The summed E-state index contributed by atoms with van der Waals surface area (Å²) in [6.45, 7) is 5.50. The van der Waals surface area contributed by atoms with E-state index in [1.807, 2.05) is 50.2 Å². The molecule has 28 heavy (non-hydrogen) atoms. The number of aromatic nitrogens is 2. The first-order valence-electron chi connectivity index (χ1n) is 9.37. The van der Waals surface area contributed by atoms with Crippen LogP contribution in [0.4, 0.5) is 0 Å². The predicted octanol–water partition coefficient (Wildman–Crippen LogP) is 4.91. The highest BCUT2D eigenvalue weighted by Gasteiger charge is 2.28. The largest absolute Gasteiger partial charge is 0.453 e. The quantitative estimate of drug-likeness (QED) is 0.440. The van der Waals surface area contributed by atoms with Gasteiger partial charge in [-0.1, -0.05) is 30.3 Å². The maximum absolute atomic E-state index is 12.6. The fourth-order valence-corrected chi connectivity index (χ4v) is 4.48. The molecule has 0 N–H and O–H groups in total. The average molecular weight is 394 g/mol. The Kier molecular flexibility index (Phi) is 4.89. The average Bonchev–Trinajstić information content (AvgIpc) is 3.37. The summed E-state index contributed by atoms with van der Waals surface area (Å²) >= 11 is 1.29. The lowest BCUT2D eigenvalue weighted by atomic mass is 10.1. The first-order chi connectivity index (χ1) is 13.5. The molecule has 1 aromatic carbocycles. The molecule has 0 radical (unpaired) electrons. The van der Waals surface area contributed by atoms with Crippen LogP contribution in [0.15, 0.2) is 36.4 Å². The fraction of sp³-hybridized carbons (Fsp3) is 0.318. The molecular weight excluding hydrogens is 372 g/mol. The number of esters is 1. The van der Waals surface area contributed by atoms with Gasteiger partial charge in [0.05, 0.1) is 5.69 Å². The van der Waals surface area contributed by atoms with Crippen molar-refractivity contribution < 1.29 is 14.3 Å². The van der Waals surface area contributed by atoms with Crippen molar-refractivity contribution in [1.82, 2.24) is 9.55 Å². The van der Waals surface area contributed by atoms with E-state index in [2.05, 4.69) is 9.55 Å². The van der Waals surface area contributed by atoms with Gasteiger partial charge in [-0.15, -0.1) is 11.3 Å². The van der Waals surface area contributed by atoms with Gasteiger partial charge >= 0.3 is 5.97 Å². The van der Waals surface area contributed by atoms with E-state index in [-0.39, 0.29) is 12.4 Å². The zero-order valence-electron chi connectivity index (χ0n) is 16.2. The van der Waals surface area contributed by atoms with Gasteiger partial charge in [0, 0.05) is 28.6 Å². The van der Waals surface area contributed by atoms with Gasteiger partial charge in [0.25, 0.3) is 0 Å². The molecule has 6 heteroatoms. The second-order valence-electron chi connectivity index (χ2n) is 7.18. The molecule has 0 atom stereocenters. The van der Waals surface area contributed by atoms with Crippen molar-refractivity contribution in [3.63, 3.8) is 0 Å². The lowest BCUT2D eigenvalue weighted by molar-refractivity contribution is 0.0478. The van der Waals surface area contributed by atoms with Crippen molar-refractivity contribution in [1.29, 1.82) is 0 Å². The Balaban J connectivity index is 1.46. The van der Waals surface area contributed by atoms with Crippen molar-refractivity contribution in [2.45, 2.75) is 39.7 Å². The minimum Gasteiger partial charge on any atom is -0.453 e. The molecule has 0 amide bonds. The van der Waals surface area contributed by atoms with E-state index in [4.69, 9.17) is 4.74 Å². The Morgan fingerprint density at radius 2 is 1.89 bits per heavy atom. The topological polar surface area (TPSA) is 61.2 Å². The zero-order chi connectivity index (χ0) is 19.8. The van der Waals surface area contributed by atoms with Crippen LogP contribution in [0.2, 0.25) is 0 Å². The molecule has 3 aromatic rings. The number of ether oxygens (including phenoxy) is 1. The number of carbonyl (C=O) groups is 2. The molecule has 1 aliphatic carbocycles. The van der Waals surface area contributed by atoms with Crippen molar-refractivity contribution in [3.8, 4) is 10.6 Å². The fourth-order valence-electron chi connectivity index (χ4n) is 3.52. The maximum atomic E-state index is 12.6. The summed E-state index contributed by atoms with van der Waals surface area (Å²) in [5.74, 6) is -0.666. The number of benzene rings is 1. The van der Waals surface area contributed by atoms with Gasteiger partial charge in [-0.25, -0.2) is 9.78 Å². The number of aryl methyl sites for hydroxylation is 2. The minimum absolute atomic E-state index is 0.168. The Hall–Kier alpha value is -2.73. The second kappa shape index (κ2) is 7.36. The third-order valence-electron chi connectivity index (χ3n) is 5.03. The highest BCUT2D eigenvalue weighted by molar-refractivity contribution is 7.17. The van der Waals surface area contributed by atoms with Gasteiger partial charge in [-0.3, -0.25) is 4.79 Å². The predicted molar refractivity (Wildman–Crippen MR) is 109 cm³/mol. The van der Waals surface area contributed by atoms with Crippen LogP contribution in [0.5, 0.6) is 0 Å². The highest BCUT2D eigenvalue weighted by atomic mass is 32.1. The minimum atomic E-state index is -0.499. The third-order valence-corrected chi connectivity index (χ3v) is 6.22. The van der Waals surface area contributed by atoms with Crippen LogP contribution in [-0.2, 0) is 4.74 Å². The van der Waals surface area contributed by atoms with Crippen LogP contribution in [0.3, 0.4) is 0 Å². The van der Waals surface area contributed by atoms with E-state index in [0.29, 0.717) is 22.2 Å². The smallest absolute Gasteiger partial charge is 0.350 e. The number of hydrogen-bond acceptors (Lipinski definition) is 5. The molecule has 144 valence electrons. The van der Waals surface area contributed by atoms with Gasteiger partial charge in [0.15, 0.2) is 6.61 Å². The molecular formula is C22H22N2O3S. The van der Waals surface area contributed by atoms with Gasteiger partial charge in [0.2, 0.25) is 5.78 Å². The Labute approximate surface area is 168 Å². The molecule has 1 aliphatic rings. The summed E-state index contributed by atoms with van der Waals surface area (Å²) in [6.07, 6.45) is 2.32. The third kappa shape index (κ3) is 3.52. The normalized spacial score (nSPS) is 13.5. The van der Waals surface area contributed by atoms with E-state index < -0.39 is 5.97 Å². The van der Waals surface area contributed by atoms with Crippen LogP contribution in [-0.4, -0.2) is 27.9 Å². The summed E-state index contributed by atoms with van der Waals surface area (Å²) in [5.41, 5.74) is 4.26. The molecule has 0 aliphatic heterocycles. The standard InChI is InChI=1S/C22H22N2O3S/c1-13-11-18(15(3)24(13)17-9-10-17)19(25)12-27-22(26)20-14(2)23-21(28-20)16-7-5-4-6-8-16/h4-8,11,17H,9-10,12H2,1-3H3. The van der Waals surface area contributed by atoms with E-state index >= 15 is 0 Å². The zero-order valence-corrected chi connectivity index (χ0v) is 17.0. The molecule has 0 spiro atoms. The van der Waals surface area contributed by atoms with Crippen LogP contribution < -0.4 is 0 Å². The lowest BCUT2D eigenvalue weighted by Crippen LogP contribution is -2.15. The number of thiazole rings is 1. The molecule has 0 saturated heterocycles. The summed E-state index contributed by atoms with van der Waals surface area (Å²) in [4.78, 5) is 30.0. The van der Waals surface area contributed by atoms with Crippen LogP contribution in [0.25, 0.3) is 10.6 Å². The molecule has 0 bridgehead atoms. The Morgan fingerprint density at radius 3 is 2.57 bits per heavy atom. The van der Waals surface area contributed by atoms with E-state index in [9.17, 15) is 9.59 Å². The summed E-state index contributed by atoms with van der Waals surface area (Å²) in [7, 11) is 0. The van der Waals surface area contributed by atoms with E-state index in [1.54, 1.807) is 6.92 Å². The van der Waals surface area contributed by atoms with E-state index in [1.165, 1.54) is 11.3 Å². The molecule has 4 rings (SSSR count). The first-order valence-corrected chi connectivity index (χ1v) is 10.2. The van der Waals surface area contributed by atoms with Crippen LogP contribution in [0, 0.1) is 20.8 Å². The summed E-state index contributed by atoms with van der Waals surface area (Å²) < 4.78 is 7.54. The molecule has 5 nitrogen and oxygen atoms in total. The second-order valence-corrected chi connectivity index (χ2v) is 8.18. The van der Waals surface area contributed by atoms with E-state index in [0.717, 1.165) is 34.8 Å². The number of ketones is 1. The van der Waals surface area contributed by atoms with Gasteiger partial charge < -0.3 is 9.30 Å². The SMILES string of the molecule is Cc1nc(-c2ccccc2)sc1C(=O)OCC(=O)c1cc(C)n(C2CC2)c1C. The van der Waals surface area contributed by atoms with Crippen LogP contribution >= 0.6 is 11.3 Å². The number of hydrogen-bond donors (Lipinski definition) is 0. The molecule has 1 saturated carbocycles. The maximum Gasteiger partial charge on any atom is 0.350 e.